The van der Waals surface area contributed by atoms with Crippen LogP contribution in [0.5, 0.6) is 0 Å². The van der Waals surface area contributed by atoms with Crippen LogP contribution in [0.3, 0.4) is 0 Å². The van der Waals surface area contributed by atoms with Gasteiger partial charge in [-0.1, -0.05) is 13.3 Å². The van der Waals surface area contributed by atoms with E-state index in [1.165, 1.54) is 6.42 Å². The molecule has 0 saturated heterocycles. The first-order chi connectivity index (χ1) is 5.76. The Morgan fingerprint density at radius 1 is 1.42 bits per heavy atom. The fourth-order valence-electron chi connectivity index (χ4n) is 1.58. The van der Waals surface area contributed by atoms with Crippen molar-refractivity contribution >= 4 is 6.03 Å². The summed E-state index contributed by atoms with van der Waals surface area (Å²) in [5.41, 5.74) is 0. The minimum Gasteiger partial charge on any atom is -0.338 e. The van der Waals surface area contributed by atoms with Crippen LogP contribution in [0.25, 0.3) is 0 Å². The zero-order chi connectivity index (χ0) is 8.97. The average Bonchev–Trinajstić information content (AvgIpc) is 1.96. The van der Waals surface area contributed by atoms with Gasteiger partial charge in [0.05, 0.1) is 0 Å². The third-order valence-corrected chi connectivity index (χ3v) is 2.49. The summed E-state index contributed by atoms with van der Waals surface area (Å²) < 4.78 is 0. The first-order valence-electron chi connectivity index (χ1n) is 4.80. The molecule has 70 valence electrons. The number of rotatable bonds is 3. The molecule has 0 unspecified atom stereocenters. The van der Waals surface area contributed by atoms with Gasteiger partial charge in [-0.3, -0.25) is 0 Å². The minimum absolute atomic E-state index is 0.0166. The number of urea groups is 1. The van der Waals surface area contributed by atoms with Crippen molar-refractivity contribution in [3.05, 3.63) is 0 Å². The molecule has 0 aliphatic heterocycles. The van der Waals surface area contributed by atoms with E-state index in [1.54, 1.807) is 0 Å². The van der Waals surface area contributed by atoms with Gasteiger partial charge in [0.1, 0.15) is 0 Å². The highest BCUT2D eigenvalue weighted by Crippen LogP contribution is 2.29. The maximum absolute atomic E-state index is 11.0. The number of hydrogen-bond donors (Lipinski definition) is 2. The number of carbonyl (C=O) groups is 1. The Morgan fingerprint density at radius 2 is 2.08 bits per heavy atom. The van der Waals surface area contributed by atoms with Crippen molar-refractivity contribution < 1.29 is 4.79 Å². The van der Waals surface area contributed by atoms with Crippen molar-refractivity contribution in [2.45, 2.75) is 39.2 Å². The van der Waals surface area contributed by atoms with E-state index in [0.29, 0.717) is 12.6 Å². The molecule has 1 rings (SSSR count). The molecule has 2 amide bonds. The lowest BCUT2D eigenvalue weighted by Gasteiger charge is -2.35. The Bertz CT molecular complexity index is 153. The molecule has 0 aromatic carbocycles. The van der Waals surface area contributed by atoms with E-state index in [9.17, 15) is 4.79 Å². The summed E-state index contributed by atoms with van der Waals surface area (Å²) in [6, 6.07) is 0.415. The second kappa shape index (κ2) is 4.33. The Morgan fingerprint density at radius 3 is 2.58 bits per heavy atom. The monoisotopic (exact) mass is 170 g/mol. The van der Waals surface area contributed by atoms with Crippen molar-refractivity contribution in [2.75, 3.05) is 6.54 Å². The summed E-state index contributed by atoms with van der Waals surface area (Å²) >= 11 is 0. The van der Waals surface area contributed by atoms with Gasteiger partial charge < -0.3 is 10.6 Å². The lowest BCUT2D eigenvalue weighted by molar-refractivity contribution is 0.200. The van der Waals surface area contributed by atoms with Crippen LogP contribution in [-0.2, 0) is 0 Å². The fourth-order valence-corrected chi connectivity index (χ4v) is 1.58. The molecule has 0 heterocycles. The fraction of sp³-hybridized carbons (Fsp3) is 0.889. The molecule has 0 radical (unpaired) electrons. The van der Waals surface area contributed by atoms with Crippen LogP contribution < -0.4 is 10.6 Å². The summed E-state index contributed by atoms with van der Waals surface area (Å²) in [5.74, 6) is 0.844. The van der Waals surface area contributed by atoms with Gasteiger partial charge in [0, 0.05) is 12.6 Å². The zero-order valence-electron chi connectivity index (χ0n) is 7.89. The summed E-state index contributed by atoms with van der Waals surface area (Å²) in [6.07, 6.45) is 3.56. The average molecular weight is 170 g/mol. The summed E-state index contributed by atoms with van der Waals surface area (Å²) in [7, 11) is 0. The predicted octanol–water partition coefficient (Wildman–Crippen LogP) is 1.49. The van der Waals surface area contributed by atoms with Crippen LogP contribution >= 0.6 is 0 Å². The van der Waals surface area contributed by atoms with Crippen molar-refractivity contribution in [2.24, 2.45) is 5.92 Å². The molecule has 1 aliphatic rings. The van der Waals surface area contributed by atoms with E-state index in [2.05, 4.69) is 17.6 Å². The van der Waals surface area contributed by atoms with E-state index in [4.69, 9.17) is 0 Å². The SMILES string of the molecule is CCNC(=O)NC1CC(CC)C1. The predicted molar refractivity (Wildman–Crippen MR) is 49.0 cm³/mol. The summed E-state index contributed by atoms with van der Waals surface area (Å²) in [6.45, 7) is 4.83. The highest BCUT2D eigenvalue weighted by molar-refractivity contribution is 5.74. The van der Waals surface area contributed by atoms with Gasteiger partial charge in [0.2, 0.25) is 0 Å². The number of hydrogen-bond acceptors (Lipinski definition) is 1. The largest absolute Gasteiger partial charge is 0.338 e. The first kappa shape index (κ1) is 9.36. The van der Waals surface area contributed by atoms with Crippen molar-refractivity contribution in [1.82, 2.24) is 10.6 Å². The highest BCUT2D eigenvalue weighted by atomic mass is 16.2. The number of carbonyl (C=O) groups excluding carboxylic acids is 1. The Hall–Kier alpha value is -0.730. The molecule has 2 N–H and O–H groups in total. The van der Waals surface area contributed by atoms with Crippen LogP contribution in [-0.4, -0.2) is 18.6 Å². The van der Waals surface area contributed by atoms with E-state index in [1.807, 2.05) is 6.92 Å². The topological polar surface area (TPSA) is 41.1 Å². The van der Waals surface area contributed by atoms with Gasteiger partial charge in [0.25, 0.3) is 0 Å². The van der Waals surface area contributed by atoms with Crippen LogP contribution in [0.1, 0.15) is 33.1 Å². The molecule has 0 bridgehead atoms. The molecular formula is C9H18N2O. The van der Waals surface area contributed by atoms with Gasteiger partial charge in [-0.25, -0.2) is 4.79 Å². The lowest BCUT2D eigenvalue weighted by Crippen LogP contribution is -2.48. The number of nitrogens with one attached hydrogen (secondary N) is 2. The molecule has 0 spiro atoms. The summed E-state index contributed by atoms with van der Waals surface area (Å²) in [4.78, 5) is 11.0. The van der Waals surface area contributed by atoms with Gasteiger partial charge in [-0.2, -0.15) is 0 Å². The highest BCUT2D eigenvalue weighted by Gasteiger charge is 2.28. The second-order valence-electron chi connectivity index (χ2n) is 3.45. The Labute approximate surface area is 73.9 Å². The van der Waals surface area contributed by atoms with Crippen LogP contribution in [0.2, 0.25) is 0 Å². The van der Waals surface area contributed by atoms with Crippen molar-refractivity contribution in [1.29, 1.82) is 0 Å². The molecule has 0 aromatic heterocycles. The number of amides is 2. The third-order valence-electron chi connectivity index (χ3n) is 2.49. The normalized spacial score (nSPS) is 27.5. The minimum atomic E-state index is -0.0166. The van der Waals surface area contributed by atoms with Gasteiger partial charge in [0.15, 0.2) is 0 Å². The molecule has 1 aliphatic carbocycles. The summed E-state index contributed by atoms with van der Waals surface area (Å²) in [5, 5.41) is 5.66. The molecule has 3 nitrogen and oxygen atoms in total. The standard InChI is InChI=1S/C9H18N2O/c1-3-7-5-8(6-7)11-9(12)10-4-2/h7-8H,3-6H2,1-2H3,(H2,10,11,12). The van der Waals surface area contributed by atoms with Gasteiger partial charge in [-0.05, 0) is 25.7 Å². The van der Waals surface area contributed by atoms with Crippen molar-refractivity contribution in [3.8, 4) is 0 Å². The van der Waals surface area contributed by atoms with E-state index in [-0.39, 0.29) is 6.03 Å². The van der Waals surface area contributed by atoms with E-state index in [0.717, 1.165) is 18.8 Å². The smallest absolute Gasteiger partial charge is 0.314 e. The molecule has 1 saturated carbocycles. The lowest BCUT2D eigenvalue weighted by atomic mass is 9.79. The second-order valence-corrected chi connectivity index (χ2v) is 3.45. The van der Waals surface area contributed by atoms with Gasteiger partial charge in [-0.15, -0.1) is 0 Å². The maximum atomic E-state index is 11.0. The zero-order valence-corrected chi connectivity index (χ0v) is 7.89. The molecule has 0 aromatic rings. The molecule has 0 atom stereocenters. The van der Waals surface area contributed by atoms with Crippen LogP contribution in [0.4, 0.5) is 4.79 Å². The first-order valence-corrected chi connectivity index (χ1v) is 4.80. The third kappa shape index (κ3) is 2.40. The van der Waals surface area contributed by atoms with Crippen LogP contribution in [0, 0.1) is 5.92 Å². The van der Waals surface area contributed by atoms with E-state index < -0.39 is 0 Å². The Kier molecular flexibility index (Phi) is 3.38. The molecule has 1 fully saturated rings. The van der Waals surface area contributed by atoms with Crippen molar-refractivity contribution in [3.63, 3.8) is 0 Å². The van der Waals surface area contributed by atoms with Crippen LogP contribution in [0.15, 0.2) is 0 Å². The van der Waals surface area contributed by atoms with Gasteiger partial charge >= 0.3 is 6.03 Å². The quantitative estimate of drug-likeness (QED) is 0.662. The maximum Gasteiger partial charge on any atom is 0.314 e. The molecule has 3 heteroatoms. The molecular weight excluding hydrogens is 152 g/mol. The molecule has 12 heavy (non-hydrogen) atoms. The Balaban J connectivity index is 2.06. The van der Waals surface area contributed by atoms with E-state index >= 15 is 0 Å².